The first-order chi connectivity index (χ1) is 12.5. The highest BCUT2D eigenvalue weighted by Gasteiger charge is 2.08. The van der Waals surface area contributed by atoms with Crippen LogP contribution in [0, 0.1) is 19.7 Å². The summed E-state index contributed by atoms with van der Waals surface area (Å²) in [6, 6.07) is 13.9. The van der Waals surface area contributed by atoms with Crippen molar-refractivity contribution < 1.29 is 9.18 Å². The van der Waals surface area contributed by atoms with E-state index in [1.165, 1.54) is 23.9 Å². The maximum absolute atomic E-state index is 12.9. The highest BCUT2D eigenvalue weighted by atomic mass is 19.1. The van der Waals surface area contributed by atoms with Gasteiger partial charge in [-0.05, 0) is 49.2 Å². The summed E-state index contributed by atoms with van der Waals surface area (Å²) in [7, 11) is 0. The Morgan fingerprint density at radius 2 is 1.81 bits per heavy atom. The Balaban J connectivity index is 1.68. The maximum Gasteiger partial charge on any atom is 0.253 e. The topological polar surface area (TPSA) is 54.0 Å². The number of nitrogens with one attached hydrogen (secondary N) is 2. The molecule has 0 atom stereocenters. The number of carbonyl (C=O) groups excluding carboxylic acids is 1. The smallest absolute Gasteiger partial charge is 0.253 e. The van der Waals surface area contributed by atoms with Crippen molar-refractivity contribution in [2.45, 2.75) is 20.4 Å². The van der Waals surface area contributed by atoms with Gasteiger partial charge in [0, 0.05) is 18.4 Å². The zero-order valence-corrected chi connectivity index (χ0v) is 14.7. The van der Waals surface area contributed by atoms with E-state index in [4.69, 9.17) is 0 Å². The van der Waals surface area contributed by atoms with Crippen molar-refractivity contribution in [2.75, 3.05) is 5.32 Å². The van der Waals surface area contributed by atoms with Crippen LogP contribution in [-0.4, -0.2) is 10.9 Å². The molecular formula is C21H20FN3O. The standard InChI is InChI=1S/C21H20FN3O/c1-14-3-8-20(15(2)9-14)25-19-10-17(12-23-13-19)21(26)24-11-16-4-6-18(22)7-5-16/h3-10,12-13,25H,11H2,1-2H3,(H,24,26). The van der Waals surface area contributed by atoms with Gasteiger partial charge in [0.1, 0.15) is 5.82 Å². The van der Waals surface area contributed by atoms with Crippen LogP contribution in [0.2, 0.25) is 0 Å². The van der Waals surface area contributed by atoms with Crippen molar-refractivity contribution in [3.05, 3.63) is 89.0 Å². The minimum Gasteiger partial charge on any atom is -0.354 e. The molecule has 0 radical (unpaired) electrons. The average Bonchev–Trinajstić information content (AvgIpc) is 2.63. The van der Waals surface area contributed by atoms with Gasteiger partial charge in [0.15, 0.2) is 0 Å². The monoisotopic (exact) mass is 349 g/mol. The Morgan fingerprint density at radius 1 is 1.04 bits per heavy atom. The number of halogens is 1. The number of hydrogen-bond acceptors (Lipinski definition) is 3. The third-order valence-electron chi connectivity index (χ3n) is 4.03. The SMILES string of the molecule is Cc1ccc(Nc2cncc(C(=O)NCc3ccc(F)cc3)c2)c(C)c1. The highest BCUT2D eigenvalue weighted by molar-refractivity contribution is 5.94. The first kappa shape index (κ1) is 17.6. The zero-order valence-electron chi connectivity index (χ0n) is 14.7. The van der Waals surface area contributed by atoms with Gasteiger partial charge in [0.25, 0.3) is 5.91 Å². The Morgan fingerprint density at radius 3 is 2.54 bits per heavy atom. The lowest BCUT2D eigenvalue weighted by Crippen LogP contribution is -2.23. The van der Waals surface area contributed by atoms with E-state index >= 15 is 0 Å². The second-order valence-electron chi connectivity index (χ2n) is 6.21. The molecule has 0 saturated carbocycles. The molecule has 4 nitrogen and oxygen atoms in total. The van der Waals surface area contributed by atoms with Crippen LogP contribution in [0.15, 0.2) is 60.9 Å². The number of pyridine rings is 1. The number of amides is 1. The molecule has 2 N–H and O–H groups in total. The summed E-state index contributed by atoms with van der Waals surface area (Å²) < 4.78 is 12.9. The van der Waals surface area contributed by atoms with E-state index in [0.29, 0.717) is 12.1 Å². The zero-order chi connectivity index (χ0) is 18.5. The van der Waals surface area contributed by atoms with Crippen molar-refractivity contribution in [2.24, 2.45) is 0 Å². The summed E-state index contributed by atoms with van der Waals surface area (Å²) in [5.41, 5.74) is 5.32. The maximum atomic E-state index is 12.9. The normalized spacial score (nSPS) is 10.4. The predicted molar refractivity (Wildman–Crippen MR) is 101 cm³/mol. The molecule has 0 spiro atoms. The van der Waals surface area contributed by atoms with Gasteiger partial charge in [-0.3, -0.25) is 9.78 Å². The molecule has 1 aromatic heterocycles. The minimum absolute atomic E-state index is 0.230. The number of aromatic nitrogens is 1. The molecule has 0 aliphatic carbocycles. The molecule has 3 aromatic rings. The molecule has 0 aliphatic rings. The molecular weight excluding hydrogens is 329 g/mol. The molecule has 3 rings (SSSR count). The lowest BCUT2D eigenvalue weighted by molar-refractivity contribution is 0.0950. The van der Waals surface area contributed by atoms with Crippen LogP contribution in [-0.2, 0) is 6.54 Å². The molecule has 2 aromatic carbocycles. The Kier molecular flexibility index (Phi) is 5.27. The summed E-state index contributed by atoms with van der Waals surface area (Å²) in [4.78, 5) is 16.5. The highest BCUT2D eigenvalue weighted by Crippen LogP contribution is 2.21. The molecule has 0 fully saturated rings. The van der Waals surface area contributed by atoms with E-state index in [1.54, 1.807) is 24.4 Å². The average molecular weight is 349 g/mol. The Bertz CT molecular complexity index is 923. The van der Waals surface area contributed by atoms with Gasteiger partial charge >= 0.3 is 0 Å². The third kappa shape index (κ3) is 4.45. The molecule has 0 unspecified atom stereocenters. The van der Waals surface area contributed by atoms with Crippen molar-refractivity contribution >= 4 is 17.3 Å². The van der Waals surface area contributed by atoms with Crippen molar-refractivity contribution in [3.8, 4) is 0 Å². The number of aryl methyl sites for hydroxylation is 2. The van der Waals surface area contributed by atoms with E-state index in [9.17, 15) is 9.18 Å². The molecule has 0 aliphatic heterocycles. The fourth-order valence-corrected chi connectivity index (χ4v) is 2.63. The van der Waals surface area contributed by atoms with Gasteiger partial charge in [-0.15, -0.1) is 0 Å². The molecule has 0 saturated heterocycles. The molecule has 1 amide bonds. The van der Waals surface area contributed by atoms with Crippen LogP contribution < -0.4 is 10.6 Å². The second-order valence-corrected chi connectivity index (χ2v) is 6.21. The summed E-state index contributed by atoms with van der Waals surface area (Å²) in [5.74, 6) is -0.527. The molecule has 1 heterocycles. The summed E-state index contributed by atoms with van der Waals surface area (Å²) >= 11 is 0. The Labute approximate surface area is 152 Å². The van der Waals surface area contributed by atoms with E-state index < -0.39 is 0 Å². The van der Waals surface area contributed by atoms with Crippen molar-refractivity contribution in [1.29, 1.82) is 0 Å². The van der Waals surface area contributed by atoms with Gasteiger partial charge < -0.3 is 10.6 Å². The molecule has 0 bridgehead atoms. The minimum atomic E-state index is -0.297. The van der Waals surface area contributed by atoms with E-state index in [2.05, 4.69) is 21.7 Å². The second kappa shape index (κ2) is 7.78. The lowest BCUT2D eigenvalue weighted by Gasteiger charge is -2.11. The van der Waals surface area contributed by atoms with Crippen molar-refractivity contribution in [1.82, 2.24) is 10.3 Å². The van der Waals surface area contributed by atoms with Crippen LogP contribution in [0.25, 0.3) is 0 Å². The van der Waals surface area contributed by atoms with Crippen LogP contribution in [0.1, 0.15) is 27.0 Å². The number of hydrogen-bond donors (Lipinski definition) is 2. The van der Waals surface area contributed by atoms with Crippen molar-refractivity contribution in [3.63, 3.8) is 0 Å². The number of nitrogens with zero attached hydrogens (tertiary/aromatic N) is 1. The van der Waals surface area contributed by atoms with Gasteiger partial charge in [0.2, 0.25) is 0 Å². The number of anilines is 2. The number of carbonyl (C=O) groups is 1. The predicted octanol–water partition coefficient (Wildman–Crippen LogP) is 4.51. The van der Waals surface area contributed by atoms with Gasteiger partial charge in [-0.25, -0.2) is 4.39 Å². The largest absolute Gasteiger partial charge is 0.354 e. The first-order valence-corrected chi connectivity index (χ1v) is 8.33. The quantitative estimate of drug-likeness (QED) is 0.712. The van der Waals surface area contributed by atoms with Crippen LogP contribution >= 0.6 is 0 Å². The van der Waals surface area contributed by atoms with E-state index in [1.807, 2.05) is 26.0 Å². The number of benzene rings is 2. The first-order valence-electron chi connectivity index (χ1n) is 8.33. The fraction of sp³-hybridized carbons (Fsp3) is 0.143. The van der Waals surface area contributed by atoms with Gasteiger partial charge in [0.05, 0.1) is 17.4 Å². The van der Waals surface area contributed by atoms with E-state index in [0.717, 1.165) is 22.5 Å². The molecule has 132 valence electrons. The third-order valence-corrected chi connectivity index (χ3v) is 4.03. The Hall–Kier alpha value is -3.21. The van der Waals surface area contributed by atoms with Gasteiger partial charge in [-0.2, -0.15) is 0 Å². The van der Waals surface area contributed by atoms with Crippen LogP contribution in [0.4, 0.5) is 15.8 Å². The summed E-state index contributed by atoms with van der Waals surface area (Å²) in [6.07, 6.45) is 3.20. The summed E-state index contributed by atoms with van der Waals surface area (Å²) in [5, 5.41) is 6.11. The van der Waals surface area contributed by atoms with Crippen LogP contribution in [0.3, 0.4) is 0 Å². The number of rotatable bonds is 5. The van der Waals surface area contributed by atoms with Crippen LogP contribution in [0.5, 0.6) is 0 Å². The molecule has 5 heteroatoms. The summed E-state index contributed by atoms with van der Waals surface area (Å²) in [6.45, 7) is 4.40. The van der Waals surface area contributed by atoms with Gasteiger partial charge in [-0.1, -0.05) is 29.8 Å². The molecule has 26 heavy (non-hydrogen) atoms. The fourth-order valence-electron chi connectivity index (χ4n) is 2.63. The lowest BCUT2D eigenvalue weighted by atomic mass is 10.1. The van der Waals surface area contributed by atoms with E-state index in [-0.39, 0.29) is 11.7 Å².